The highest BCUT2D eigenvalue weighted by Gasteiger charge is 2.31. The molecule has 3 aromatic rings. The van der Waals surface area contributed by atoms with Gasteiger partial charge in [-0.3, -0.25) is 14.5 Å². The van der Waals surface area contributed by atoms with Crippen LogP contribution in [0.1, 0.15) is 18.9 Å². The summed E-state index contributed by atoms with van der Waals surface area (Å²) in [6, 6.07) is 15.8. The van der Waals surface area contributed by atoms with Crippen molar-refractivity contribution in [3.63, 3.8) is 0 Å². The molecule has 3 aliphatic rings. The van der Waals surface area contributed by atoms with Gasteiger partial charge in [-0.25, -0.2) is 9.97 Å². The number of methoxy groups -OCH3 is 1. The first-order valence-corrected chi connectivity index (χ1v) is 15.5. The van der Waals surface area contributed by atoms with Crippen LogP contribution in [0.5, 0.6) is 11.5 Å². The molecule has 4 heterocycles. The number of piperidine rings is 1. The number of piperazine rings is 1. The van der Waals surface area contributed by atoms with Gasteiger partial charge >= 0.3 is 0 Å². The first kappa shape index (κ1) is 32.0. The highest BCUT2D eigenvalue weighted by Crippen LogP contribution is 2.32. The number of nitrogens with one attached hydrogen (secondary N) is 3. The molecular weight excluding hydrogens is 572 g/mol. The number of carbonyl (C=O) groups is 2. The SMILES string of the molecule is CN1CCN(C=O)CC1.COc1ccc2cc1OCCNC(=O)[C@@H]1CN(CCC1C)Cc1cccc(c1)Nc1cc(ncn1)N2. The maximum absolute atomic E-state index is 13.0. The van der Waals surface area contributed by atoms with E-state index in [4.69, 9.17) is 9.47 Å². The summed E-state index contributed by atoms with van der Waals surface area (Å²) in [5.41, 5.74) is 2.94. The molecule has 12 nitrogen and oxygen atoms in total. The van der Waals surface area contributed by atoms with Gasteiger partial charge in [0.25, 0.3) is 0 Å². The Bertz CT molecular complexity index is 1430. The van der Waals surface area contributed by atoms with Crippen molar-refractivity contribution in [1.29, 1.82) is 0 Å². The van der Waals surface area contributed by atoms with E-state index in [0.717, 1.165) is 70.0 Å². The number of carbonyl (C=O) groups excluding carboxylic acids is 2. The fourth-order valence-corrected chi connectivity index (χ4v) is 5.68. The predicted octanol–water partition coefficient (Wildman–Crippen LogP) is 3.33. The van der Waals surface area contributed by atoms with E-state index in [1.54, 1.807) is 12.0 Å². The van der Waals surface area contributed by atoms with Crippen LogP contribution in [0.3, 0.4) is 0 Å². The number of nitrogens with zero attached hydrogens (tertiary/aromatic N) is 5. The van der Waals surface area contributed by atoms with Crippen LogP contribution in [-0.4, -0.2) is 104 Å². The summed E-state index contributed by atoms with van der Waals surface area (Å²) >= 11 is 0. The fraction of sp³-hybridized carbons (Fsp3) is 0.455. The quantitative estimate of drug-likeness (QED) is 0.370. The molecule has 3 atom stereocenters. The van der Waals surface area contributed by atoms with Crippen LogP contribution in [0.4, 0.5) is 23.0 Å². The molecule has 2 saturated heterocycles. The Morgan fingerprint density at radius 1 is 0.978 bits per heavy atom. The molecule has 240 valence electrons. The molecular formula is C33H44N8O4. The van der Waals surface area contributed by atoms with Gasteiger partial charge in [0, 0.05) is 62.8 Å². The minimum atomic E-state index is -0.0489. The maximum Gasteiger partial charge on any atom is 0.224 e. The van der Waals surface area contributed by atoms with E-state index < -0.39 is 0 Å². The topological polar surface area (TPSA) is 124 Å². The van der Waals surface area contributed by atoms with Gasteiger partial charge in [-0.05, 0) is 55.8 Å². The molecule has 1 aromatic heterocycles. The van der Waals surface area contributed by atoms with Crippen LogP contribution in [0, 0.1) is 11.8 Å². The molecule has 2 fully saturated rings. The second-order valence-corrected chi connectivity index (χ2v) is 11.8. The number of hydrogen-bond donors (Lipinski definition) is 3. The number of aromatic nitrogens is 2. The van der Waals surface area contributed by atoms with Crippen molar-refractivity contribution in [2.24, 2.45) is 11.8 Å². The number of likely N-dealkylation sites (N-methyl/N-ethyl adjacent to an activating group) is 1. The average Bonchev–Trinajstić information content (AvgIpc) is 3.05. The second-order valence-electron chi connectivity index (χ2n) is 11.8. The molecule has 2 aromatic carbocycles. The lowest BCUT2D eigenvalue weighted by Gasteiger charge is -2.36. The van der Waals surface area contributed by atoms with Crippen LogP contribution in [-0.2, 0) is 16.1 Å². The van der Waals surface area contributed by atoms with Crippen molar-refractivity contribution in [3.8, 4) is 11.5 Å². The van der Waals surface area contributed by atoms with Crippen LogP contribution >= 0.6 is 0 Å². The van der Waals surface area contributed by atoms with E-state index in [0.29, 0.717) is 42.2 Å². The highest BCUT2D eigenvalue weighted by atomic mass is 16.5. The number of ether oxygens (including phenoxy) is 2. The van der Waals surface area contributed by atoms with Crippen molar-refractivity contribution >= 4 is 35.3 Å². The number of benzene rings is 2. The number of rotatable bonds is 2. The molecule has 2 amide bonds. The minimum absolute atomic E-state index is 0.0489. The average molecular weight is 617 g/mol. The van der Waals surface area contributed by atoms with Crippen molar-refractivity contribution < 1.29 is 19.1 Å². The first-order chi connectivity index (χ1) is 21.9. The molecule has 8 bridgehead atoms. The molecule has 0 aliphatic carbocycles. The van der Waals surface area contributed by atoms with Gasteiger partial charge in [0.15, 0.2) is 11.5 Å². The lowest BCUT2D eigenvalue weighted by molar-refractivity contribution is -0.128. The molecule has 2 unspecified atom stereocenters. The van der Waals surface area contributed by atoms with Gasteiger partial charge < -0.3 is 35.2 Å². The summed E-state index contributed by atoms with van der Waals surface area (Å²) in [5.74, 6) is 2.92. The van der Waals surface area contributed by atoms with Crippen LogP contribution < -0.4 is 25.4 Å². The van der Waals surface area contributed by atoms with Crippen LogP contribution in [0.25, 0.3) is 0 Å². The summed E-state index contributed by atoms with van der Waals surface area (Å²) in [6.45, 7) is 9.24. The van der Waals surface area contributed by atoms with E-state index in [1.165, 1.54) is 11.9 Å². The highest BCUT2D eigenvalue weighted by molar-refractivity contribution is 5.79. The minimum Gasteiger partial charge on any atom is -0.493 e. The molecule has 3 N–H and O–H groups in total. The molecule has 45 heavy (non-hydrogen) atoms. The van der Waals surface area contributed by atoms with E-state index >= 15 is 0 Å². The third-order valence-corrected chi connectivity index (χ3v) is 8.43. The predicted molar refractivity (Wildman–Crippen MR) is 174 cm³/mol. The number of amides is 2. The lowest BCUT2D eigenvalue weighted by Crippen LogP contribution is -2.47. The second kappa shape index (κ2) is 15.5. The van der Waals surface area contributed by atoms with Crippen LogP contribution in [0.15, 0.2) is 54.9 Å². The van der Waals surface area contributed by atoms with Gasteiger partial charge in [-0.1, -0.05) is 19.1 Å². The Kier molecular flexibility index (Phi) is 11.0. The number of anilines is 4. The van der Waals surface area contributed by atoms with Gasteiger partial charge in [0.05, 0.1) is 19.6 Å². The molecule has 3 aliphatic heterocycles. The summed E-state index contributed by atoms with van der Waals surface area (Å²) in [4.78, 5) is 38.3. The Morgan fingerprint density at radius 3 is 2.47 bits per heavy atom. The van der Waals surface area contributed by atoms with Gasteiger partial charge in [-0.15, -0.1) is 0 Å². The van der Waals surface area contributed by atoms with Gasteiger partial charge in [0.2, 0.25) is 12.3 Å². The molecule has 12 heteroatoms. The summed E-state index contributed by atoms with van der Waals surface area (Å²) < 4.78 is 11.4. The monoisotopic (exact) mass is 616 g/mol. The van der Waals surface area contributed by atoms with Gasteiger partial charge in [0.1, 0.15) is 24.6 Å². The van der Waals surface area contributed by atoms with E-state index in [1.807, 2.05) is 36.4 Å². The van der Waals surface area contributed by atoms with E-state index in [9.17, 15) is 9.59 Å². The molecule has 6 rings (SSSR count). The Hall–Kier alpha value is -4.42. The van der Waals surface area contributed by atoms with Crippen molar-refractivity contribution in [2.45, 2.75) is 19.9 Å². The molecule has 0 spiro atoms. The Labute approximate surface area is 265 Å². The van der Waals surface area contributed by atoms with Crippen molar-refractivity contribution in [3.05, 3.63) is 60.4 Å². The number of hydrogen-bond acceptors (Lipinski definition) is 10. The maximum atomic E-state index is 13.0. The first-order valence-electron chi connectivity index (χ1n) is 15.5. The smallest absolute Gasteiger partial charge is 0.224 e. The largest absolute Gasteiger partial charge is 0.493 e. The van der Waals surface area contributed by atoms with Crippen LogP contribution in [0.2, 0.25) is 0 Å². The van der Waals surface area contributed by atoms with Crippen molar-refractivity contribution in [1.82, 2.24) is 30.0 Å². The van der Waals surface area contributed by atoms with Crippen molar-refractivity contribution in [2.75, 3.05) is 77.2 Å². The fourth-order valence-electron chi connectivity index (χ4n) is 5.68. The zero-order valence-corrected chi connectivity index (χ0v) is 26.4. The summed E-state index contributed by atoms with van der Waals surface area (Å²) in [6.07, 6.45) is 3.44. The van der Waals surface area contributed by atoms with E-state index in [2.05, 4.69) is 61.8 Å². The van der Waals surface area contributed by atoms with Gasteiger partial charge in [-0.2, -0.15) is 0 Å². The standard InChI is InChI=1S/C27H32N6O3.C6H12N2O/c1-18-8-10-33-15-19-4-3-5-20(12-19)31-25-14-26(30-17-29-25)32-21-6-7-23(35-2)24(13-21)36-11-9-28-27(34)22(18)16-33;1-7-2-4-8(6-9)5-3-7/h3-7,12-14,17-18,22H,8-11,15-16H2,1-2H3,(H,28,34)(H2,29,30,31,32);6H,2-5H2,1H3/t18?,22-;/m1./s1. The zero-order valence-electron chi connectivity index (χ0n) is 26.4. The lowest BCUT2D eigenvalue weighted by atomic mass is 9.86. The Balaban J connectivity index is 0.000000383. The van der Waals surface area contributed by atoms with E-state index in [-0.39, 0.29) is 11.8 Å². The third kappa shape index (κ3) is 9.05. The molecule has 0 radical (unpaired) electrons. The molecule has 0 saturated carbocycles. The summed E-state index contributed by atoms with van der Waals surface area (Å²) in [7, 11) is 3.68. The summed E-state index contributed by atoms with van der Waals surface area (Å²) in [5, 5.41) is 9.75. The Morgan fingerprint density at radius 2 is 1.73 bits per heavy atom. The normalized spacial score (nSPS) is 22.2. The third-order valence-electron chi connectivity index (χ3n) is 8.43. The number of fused-ring (bicyclic) bond motifs is 8. The zero-order chi connectivity index (χ0) is 31.6.